The first kappa shape index (κ1) is 13.2. The van der Waals surface area contributed by atoms with Crippen molar-refractivity contribution >= 4 is 5.91 Å². The average Bonchev–Trinajstić information content (AvgIpc) is 3.09. The summed E-state index contributed by atoms with van der Waals surface area (Å²) in [6.45, 7) is 3.69. The van der Waals surface area contributed by atoms with Crippen LogP contribution >= 0.6 is 0 Å². The van der Waals surface area contributed by atoms with Gasteiger partial charge in [0, 0.05) is 30.6 Å². The summed E-state index contributed by atoms with van der Waals surface area (Å²) in [4.78, 5) is 14.5. The fourth-order valence-corrected chi connectivity index (χ4v) is 3.25. The Hall–Kier alpha value is -1.75. The molecule has 2 aliphatic heterocycles. The molecule has 2 aliphatic rings. The van der Waals surface area contributed by atoms with Gasteiger partial charge in [0.25, 0.3) is 5.91 Å². The summed E-state index contributed by atoms with van der Waals surface area (Å²) in [5.74, 6) is 0.418. The van der Waals surface area contributed by atoms with Crippen LogP contribution in [-0.2, 0) is 0 Å². The number of methoxy groups -OCH3 is 1. The minimum absolute atomic E-state index is 0.0204. The average molecular weight is 276 g/mol. The molecule has 2 saturated heterocycles. The standard InChI is InChI=1S/C15H20N2O3/c1-20-13-8-11(2-3-12(13)18)14(19)17-7-5-15(10-17)4-6-16-9-15/h2-3,8,16,18H,4-7,9-10H2,1H3. The van der Waals surface area contributed by atoms with Gasteiger partial charge in [0.15, 0.2) is 11.5 Å². The highest BCUT2D eigenvalue weighted by molar-refractivity contribution is 5.95. The molecular weight excluding hydrogens is 256 g/mol. The van der Waals surface area contributed by atoms with Gasteiger partial charge < -0.3 is 20.1 Å². The van der Waals surface area contributed by atoms with Crippen LogP contribution in [0, 0.1) is 5.41 Å². The van der Waals surface area contributed by atoms with Gasteiger partial charge in [-0.1, -0.05) is 0 Å². The zero-order valence-corrected chi connectivity index (χ0v) is 11.7. The maximum absolute atomic E-state index is 12.5. The number of amides is 1. The number of hydrogen-bond acceptors (Lipinski definition) is 4. The summed E-state index contributed by atoms with van der Waals surface area (Å²) >= 11 is 0. The summed E-state index contributed by atoms with van der Waals surface area (Å²) in [6.07, 6.45) is 2.22. The number of hydrogen-bond donors (Lipinski definition) is 2. The molecule has 1 aromatic rings. The predicted octanol–water partition coefficient (Wildman–Crippen LogP) is 1.23. The molecule has 0 saturated carbocycles. The van der Waals surface area contributed by atoms with E-state index in [1.54, 1.807) is 12.1 Å². The van der Waals surface area contributed by atoms with Crippen LogP contribution in [0.3, 0.4) is 0 Å². The minimum atomic E-state index is 0.0204. The first-order valence-corrected chi connectivity index (χ1v) is 7.01. The van der Waals surface area contributed by atoms with Crippen molar-refractivity contribution in [2.75, 3.05) is 33.3 Å². The van der Waals surface area contributed by atoms with E-state index in [4.69, 9.17) is 4.74 Å². The molecule has 2 N–H and O–H groups in total. The van der Waals surface area contributed by atoms with Gasteiger partial charge in [-0.2, -0.15) is 0 Å². The van der Waals surface area contributed by atoms with Crippen molar-refractivity contribution in [3.63, 3.8) is 0 Å². The van der Waals surface area contributed by atoms with Gasteiger partial charge in [-0.25, -0.2) is 0 Å². The predicted molar refractivity (Wildman–Crippen MR) is 75.1 cm³/mol. The number of aromatic hydroxyl groups is 1. The molecule has 0 aliphatic carbocycles. The Morgan fingerprint density at radius 1 is 1.45 bits per heavy atom. The summed E-state index contributed by atoms with van der Waals surface area (Å²) in [5, 5.41) is 13.0. The van der Waals surface area contributed by atoms with E-state index in [2.05, 4.69) is 5.32 Å². The van der Waals surface area contributed by atoms with Crippen LogP contribution in [0.1, 0.15) is 23.2 Å². The largest absolute Gasteiger partial charge is 0.504 e. The highest BCUT2D eigenvalue weighted by Crippen LogP contribution is 2.37. The number of benzene rings is 1. The van der Waals surface area contributed by atoms with Gasteiger partial charge in [0.05, 0.1) is 7.11 Å². The zero-order chi connectivity index (χ0) is 14.2. The molecule has 0 bridgehead atoms. The number of carbonyl (C=O) groups excluding carboxylic acids is 1. The van der Waals surface area contributed by atoms with E-state index in [0.717, 1.165) is 39.0 Å². The number of phenols is 1. The fourth-order valence-electron chi connectivity index (χ4n) is 3.25. The maximum Gasteiger partial charge on any atom is 0.254 e. The van der Waals surface area contributed by atoms with Gasteiger partial charge >= 0.3 is 0 Å². The lowest BCUT2D eigenvalue weighted by molar-refractivity contribution is 0.0775. The summed E-state index contributed by atoms with van der Waals surface area (Å²) in [6, 6.07) is 4.77. The Morgan fingerprint density at radius 2 is 2.30 bits per heavy atom. The number of ether oxygens (including phenoxy) is 1. The van der Waals surface area contributed by atoms with E-state index < -0.39 is 0 Å². The number of phenolic OH excluding ortho intramolecular Hbond substituents is 1. The Labute approximate surface area is 118 Å². The van der Waals surface area contributed by atoms with Gasteiger partial charge in [-0.15, -0.1) is 0 Å². The first-order chi connectivity index (χ1) is 9.63. The molecule has 5 heteroatoms. The van der Waals surface area contributed by atoms with Crippen LogP contribution in [0.25, 0.3) is 0 Å². The molecule has 0 radical (unpaired) electrons. The van der Waals surface area contributed by atoms with Crippen molar-refractivity contribution in [2.24, 2.45) is 5.41 Å². The Balaban J connectivity index is 1.76. The second kappa shape index (κ2) is 4.98. The van der Waals surface area contributed by atoms with Crippen molar-refractivity contribution < 1.29 is 14.6 Å². The Kier molecular flexibility index (Phi) is 3.30. The van der Waals surface area contributed by atoms with Crippen molar-refractivity contribution in [3.8, 4) is 11.5 Å². The van der Waals surface area contributed by atoms with E-state index in [9.17, 15) is 9.90 Å². The quantitative estimate of drug-likeness (QED) is 0.853. The molecule has 1 atom stereocenters. The van der Waals surface area contributed by atoms with Gasteiger partial charge in [0.1, 0.15) is 0 Å². The van der Waals surface area contributed by atoms with Crippen LogP contribution < -0.4 is 10.1 Å². The van der Waals surface area contributed by atoms with Gasteiger partial charge in [0.2, 0.25) is 0 Å². The molecule has 1 unspecified atom stereocenters. The van der Waals surface area contributed by atoms with Crippen LogP contribution in [0.4, 0.5) is 0 Å². The van der Waals surface area contributed by atoms with E-state index in [0.29, 0.717) is 11.3 Å². The summed E-state index contributed by atoms with van der Waals surface area (Å²) in [5.41, 5.74) is 0.846. The van der Waals surface area contributed by atoms with Gasteiger partial charge in [-0.05, 0) is 37.6 Å². The number of nitrogens with one attached hydrogen (secondary N) is 1. The molecule has 5 nitrogen and oxygen atoms in total. The van der Waals surface area contributed by atoms with E-state index in [1.165, 1.54) is 13.2 Å². The normalized spacial score (nSPS) is 25.4. The molecular formula is C15H20N2O3. The van der Waals surface area contributed by atoms with Crippen LogP contribution in [0.15, 0.2) is 18.2 Å². The lowest BCUT2D eigenvalue weighted by Crippen LogP contribution is -2.33. The fraction of sp³-hybridized carbons (Fsp3) is 0.533. The van der Waals surface area contributed by atoms with E-state index in [-0.39, 0.29) is 17.1 Å². The second-order valence-electron chi connectivity index (χ2n) is 5.79. The van der Waals surface area contributed by atoms with Crippen molar-refractivity contribution in [3.05, 3.63) is 23.8 Å². The van der Waals surface area contributed by atoms with Crippen LogP contribution in [0.5, 0.6) is 11.5 Å². The highest BCUT2D eigenvalue weighted by atomic mass is 16.5. The third-order valence-electron chi connectivity index (χ3n) is 4.48. The third-order valence-corrected chi connectivity index (χ3v) is 4.48. The molecule has 0 aromatic heterocycles. The first-order valence-electron chi connectivity index (χ1n) is 7.01. The lowest BCUT2D eigenvalue weighted by Gasteiger charge is -2.23. The number of carbonyl (C=O) groups is 1. The Morgan fingerprint density at radius 3 is 3.00 bits per heavy atom. The maximum atomic E-state index is 12.5. The second-order valence-corrected chi connectivity index (χ2v) is 5.79. The molecule has 2 fully saturated rings. The summed E-state index contributed by atoms with van der Waals surface area (Å²) in [7, 11) is 1.48. The van der Waals surface area contributed by atoms with Crippen molar-refractivity contribution in [1.29, 1.82) is 0 Å². The van der Waals surface area contributed by atoms with Crippen molar-refractivity contribution in [2.45, 2.75) is 12.8 Å². The van der Waals surface area contributed by atoms with Crippen LogP contribution in [0.2, 0.25) is 0 Å². The zero-order valence-electron chi connectivity index (χ0n) is 11.7. The minimum Gasteiger partial charge on any atom is -0.504 e. The van der Waals surface area contributed by atoms with Crippen molar-refractivity contribution in [1.82, 2.24) is 10.2 Å². The number of likely N-dealkylation sites (tertiary alicyclic amines) is 1. The third kappa shape index (κ3) is 2.22. The Bertz CT molecular complexity index is 524. The number of rotatable bonds is 2. The molecule has 20 heavy (non-hydrogen) atoms. The smallest absolute Gasteiger partial charge is 0.254 e. The summed E-state index contributed by atoms with van der Waals surface area (Å²) < 4.78 is 5.06. The molecule has 108 valence electrons. The number of nitrogens with zero attached hydrogens (tertiary/aromatic N) is 1. The molecule has 1 spiro atoms. The highest BCUT2D eigenvalue weighted by Gasteiger charge is 2.41. The topological polar surface area (TPSA) is 61.8 Å². The molecule has 1 aromatic carbocycles. The monoisotopic (exact) mass is 276 g/mol. The van der Waals surface area contributed by atoms with Crippen LogP contribution in [-0.4, -0.2) is 49.2 Å². The van der Waals surface area contributed by atoms with E-state index >= 15 is 0 Å². The molecule has 3 rings (SSSR count). The van der Waals surface area contributed by atoms with E-state index in [1.807, 2.05) is 4.90 Å². The molecule has 1 amide bonds. The molecule has 2 heterocycles. The lowest BCUT2D eigenvalue weighted by atomic mass is 9.86. The van der Waals surface area contributed by atoms with Gasteiger partial charge in [-0.3, -0.25) is 4.79 Å². The SMILES string of the molecule is COc1cc(C(=O)N2CCC3(CCNC3)C2)ccc1O.